The van der Waals surface area contributed by atoms with Crippen molar-refractivity contribution in [1.82, 2.24) is 10.3 Å². The van der Waals surface area contributed by atoms with Crippen molar-refractivity contribution in [3.8, 4) is 0 Å². The van der Waals surface area contributed by atoms with Crippen molar-refractivity contribution in [2.45, 2.75) is 13.0 Å². The van der Waals surface area contributed by atoms with E-state index in [-0.39, 0.29) is 6.42 Å². The molecule has 0 aromatic carbocycles. The summed E-state index contributed by atoms with van der Waals surface area (Å²) >= 11 is 0. The lowest BCUT2D eigenvalue weighted by Crippen LogP contribution is -2.22. The Labute approximate surface area is 88.3 Å². The second kappa shape index (κ2) is 6.10. The molecule has 0 amide bonds. The summed E-state index contributed by atoms with van der Waals surface area (Å²) in [5.41, 5.74) is 6.74. The van der Waals surface area contributed by atoms with E-state index in [0.717, 1.165) is 12.2 Å². The lowest BCUT2D eigenvalue weighted by molar-refractivity contribution is -0.136. The number of rotatable bonds is 6. The molecule has 0 radical (unpaired) electrons. The third kappa shape index (κ3) is 4.53. The molecule has 0 unspecified atom stereocenters. The molecule has 5 nitrogen and oxygen atoms in total. The van der Waals surface area contributed by atoms with Crippen LogP contribution in [0.5, 0.6) is 0 Å². The monoisotopic (exact) mass is 209 g/mol. The number of nitrogens with one attached hydrogen (secondary N) is 1. The highest BCUT2D eigenvalue weighted by Gasteiger charge is 2.02. The van der Waals surface area contributed by atoms with Gasteiger partial charge in [-0.25, -0.2) is 0 Å². The summed E-state index contributed by atoms with van der Waals surface area (Å²) in [4.78, 5) is 14.7. The Bertz CT molecular complexity index is 328. The van der Waals surface area contributed by atoms with E-state index in [1.54, 1.807) is 6.07 Å². The van der Waals surface area contributed by atoms with Crippen molar-refractivity contribution in [2.75, 3.05) is 13.1 Å². The number of hydrogen-bond donors (Lipinski definition) is 3. The first-order valence-corrected chi connectivity index (χ1v) is 4.79. The quantitative estimate of drug-likeness (QED) is 0.563. The van der Waals surface area contributed by atoms with Crippen LogP contribution in [0.2, 0.25) is 0 Å². The van der Waals surface area contributed by atoms with E-state index < -0.39 is 5.97 Å². The van der Waals surface area contributed by atoms with Crippen LogP contribution in [-0.4, -0.2) is 29.1 Å². The zero-order chi connectivity index (χ0) is 11.1. The van der Waals surface area contributed by atoms with Crippen LogP contribution in [0.1, 0.15) is 11.4 Å². The summed E-state index contributed by atoms with van der Waals surface area (Å²) < 4.78 is 0. The molecule has 4 N–H and O–H groups in total. The molecule has 1 heterocycles. The van der Waals surface area contributed by atoms with Crippen LogP contribution in [0.3, 0.4) is 0 Å². The Morgan fingerprint density at radius 1 is 1.47 bits per heavy atom. The maximum absolute atomic E-state index is 10.5. The number of carboxylic acid groups (broad SMARTS) is 1. The van der Waals surface area contributed by atoms with E-state index in [1.807, 2.05) is 12.1 Å². The summed E-state index contributed by atoms with van der Waals surface area (Å²) in [6.45, 7) is 1.92. The number of nitrogens with two attached hydrogens (primary N) is 1. The minimum Gasteiger partial charge on any atom is -0.481 e. The fraction of sp³-hybridized carbons (Fsp3) is 0.400. The van der Waals surface area contributed by atoms with Crippen LogP contribution in [0.25, 0.3) is 0 Å². The molecule has 0 spiro atoms. The van der Waals surface area contributed by atoms with Gasteiger partial charge >= 0.3 is 5.97 Å². The Morgan fingerprint density at radius 2 is 2.20 bits per heavy atom. The second-order valence-electron chi connectivity index (χ2n) is 3.16. The molecular formula is C10H15N3O2. The predicted octanol–water partition coefficient (Wildman–Crippen LogP) is -0.243. The fourth-order valence-corrected chi connectivity index (χ4v) is 1.20. The Balaban J connectivity index is 2.53. The third-order valence-electron chi connectivity index (χ3n) is 1.82. The molecule has 1 aromatic heterocycles. The molecule has 15 heavy (non-hydrogen) atoms. The van der Waals surface area contributed by atoms with Crippen molar-refractivity contribution in [1.29, 1.82) is 0 Å². The molecule has 1 aromatic rings. The first-order valence-electron chi connectivity index (χ1n) is 4.79. The standard InChI is InChI=1S/C10H15N3O2/c11-4-5-12-7-9-3-1-2-8(13-9)6-10(14)15/h1-3,12H,4-7,11H2,(H,14,15). The summed E-state index contributed by atoms with van der Waals surface area (Å²) in [7, 11) is 0. The van der Waals surface area contributed by atoms with Gasteiger partial charge in [-0.15, -0.1) is 0 Å². The number of carbonyl (C=O) groups is 1. The molecule has 1 rings (SSSR count). The van der Waals surface area contributed by atoms with Crippen LogP contribution >= 0.6 is 0 Å². The van der Waals surface area contributed by atoms with Crippen LogP contribution in [0.15, 0.2) is 18.2 Å². The highest BCUT2D eigenvalue weighted by Crippen LogP contribution is 2.00. The number of aliphatic carboxylic acids is 1. The van der Waals surface area contributed by atoms with E-state index in [1.165, 1.54) is 0 Å². The maximum atomic E-state index is 10.5. The van der Waals surface area contributed by atoms with E-state index in [9.17, 15) is 4.79 Å². The van der Waals surface area contributed by atoms with Gasteiger partial charge in [0.25, 0.3) is 0 Å². The average Bonchev–Trinajstić information content (AvgIpc) is 2.18. The zero-order valence-corrected chi connectivity index (χ0v) is 8.44. The first kappa shape index (κ1) is 11.6. The lowest BCUT2D eigenvalue weighted by atomic mass is 10.2. The molecular weight excluding hydrogens is 194 g/mol. The van der Waals surface area contributed by atoms with Gasteiger partial charge in [0.2, 0.25) is 0 Å². The molecule has 0 aliphatic carbocycles. The highest BCUT2D eigenvalue weighted by molar-refractivity contribution is 5.69. The van der Waals surface area contributed by atoms with Crippen molar-refractivity contribution in [3.05, 3.63) is 29.6 Å². The lowest BCUT2D eigenvalue weighted by Gasteiger charge is -2.04. The van der Waals surface area contributed by atoms with Gasteiger partial charge in [0.15, 0.2) is 0 Å². The number of pyridine rings is 1. The molecule has 0 bridgehead atoms. The van der Waals surface area contributed by atoms with Gasteiger partial charge in [-0.05, 0) is 12.1 Å². The molecule has 0 aliphatic rings. The van der Waals surface area contributed by atoms with Gasteiger partial charge in [0.1, 0.15) is 0 Å². The minimum absolute atomic E-state index is 0.0370. The van der Waals surface area contributed by atoms with Crippen molar-refractivity contribution < 1.29 is 9.90 Å². The Kier molecular flexibility index (Phi) is 4.73. The maximum Gasteiger partial charge on any atom is 0.309 e. The van der Waals surface area contributed by atoms with Gasteiger partial charge in [0.05, 0.1) is 17.8 Å². The van der Waals surface area contributed by atoms with Crippen LogP contribution in [-0.2, 0) is 17.8 Å². The normalized spacial score (nSPS) is 10.2. The first-order chi connectivity index (χ1) is 7.22. The smallest absolute Gasteiger partial charge is 0.309 e. The molecule has 0 atom stereocenters. The van der Waals surface area contributed by atoms with Crippen molar-refractivity contribution in [3.63, 3.8) is 0 Å². The van der Waals surface area contributed by atoms with Gasteiger partial charge in [0, 0.05) is 19.6 Å². The summed E-state index contributed by atoms with van der Waals surface area (Å²) in [5.74, 6) is -0.866. The van der Waals surface area contributed by atoms with E-state index >= 15 is 0 Å². The molecule has 0 saturated carbocycles. The summed E-state index contributed by atoms with van der Waals surface area (Å²) in [6, 6.07) is 5.38. The second-order valence-corrected chi connectivity index (χ2v) is 3.16. The van der Waals surface area contributed by atoms with Gasteiger partial charge in [-0.1, -0.05) is 6.07 Å². The van der Waals surface area contributed by atoms with Crippen LogP contribution < -0.4 is 11.1 Å². The van der Waals surface area contributed by atoms with E-state index in [4.69, 9.17) is 10.8 Å². The van der Waals surface area contributed by atoms with Gasteiger partial charge < -0.3 is 16.2 Å². The van der Waals surface area contributed by atoms with E-state index in [0.29, 0.717) is 18.8 Å². The van der Waals surface area contributed by atoms with Gasteiger partial charge in [-0.3, -0.25) is 9.78 Å². The molecule has 0 fully saturated rings. The van der Waals surface area contributed by atoms with Crippen LogP contribution in [0, 0.1) is 0 Å². The zero-order valence-electron chi connectivity index (χ0n) is 8.44. The molecule has 82 valence electrons. The van der Waals surface area contributed by atoms with E-state index in [2.05, 4.69) is 10.3 Å². The van der Waals surface area contributed by atoms with Gasteiger partial charge in [-0.2, -0.15) is 0 Å². The average molecular weight is 209 g/mol. The highest BCUT2D eigenvalue weighted by atomic mass is 16.4. The van der Waals surface area contributed by atoms with Crippen molar-refractivity contribution >= 4 is 5.97 Å². The summed E-state index contributed by atoms with van der Waals surface area (Å²) in [6.07, 6.45) is -0.0370. The predicted molar refractivity (Wildman–Crippen MR) is 56.3 cm³/mol. The largest absolute Gasteiger partial charge is 0.481 e. The van der Waals surface area contributed by atoms with Crippen molar-refractivity contribution in [2.24, 2.45) is 5.73 Å². The minimum atomic E-state index is -0.866. The Morgan fingerprint density at radius 3 is 2.87 bits per heavy atom. The molecule has 5 heteroatoms. The topological polar surface area (TPSA) is 88.2 Å². The summed E-state index contributed by atoms with van der Waals surface area (Å²) in [5, 5.41) is 11.7. The SMILES string of the molecule is NCCNCc1cccc(CC(=O)O)n1. The number of carboxylic acids is 1. The number of aromatic nitrogens is 1. The Hall–Kier alpha value is -1.46. The fourth-order valence-electron chi connectivity index (χ4n) is 1.20. The molecule has 0 aliphatic heterocycles. The molecule has 0 saturated heterocycles. The number of hydrogen-bond acceptors (Lipinski definition) is 4. The third-order valence-corrected chi connectivity index (χ3v) is 1.82. The van der Waals surface area contributed by atoms with Crippen LogP contribution in [0.4, 0.5) is 0 Å². The number of nitrogens with zero attached hydrogens (tertiary/aromatic N) is 1.